The van der Waals surface area contributed by atoms with Crippen molar-refractivity contribution < 1.29 is 67.1 Å². The Balaban J connectivity index is 1.07. The highest BCUT2D eigenvalue weighted by Gasteiger charge is 2.46. The number of aryl methyl sites for hydroxylation is 2. The normalized spacial score (nSPS) is 23.3. The van der Waals surface area contributed by atoms with Crippen LogP contribution in [0.15, 0.2) is 34.4 Å². The number of hydrogen-bond donors (Lipinski definition) is 10. The minimum Gasteiger partial charge on any atom is -0.388 e. The number of hydrogen-bond acceptors (Lipinski definition) is 18. The highest BCUT2D eigenvalue weighted by atomic mass is 31.3. The summed E-state index contributed by atoms with van der Waals surface area (Å²) in [5.41, 5.74) is 6.28. The Bertz CT molecular complexity index is 2410. The monoisotopic (exact) mass is 786 g/mol. The third-order valence-electron chi connectivity index (χ3n) is 8.46. The molecule has 286 valence electrons. The number of phosphoric acid groups is 2. The third kappa shape index (κ3) is 7.91. The molecule has 2 unspecified atom stereocenters. The fourth-order valence-corrected chi connectivity index (χ4v) is 7.70. The van der Waals surface area contributed by atoms with Gasteiger partial charge in [-0.05, 0) is 37.1 Å². The number of H-pyrrole nitrogens is 2. The van der Waals surface area contributed by atoms with E-state index >= 15 is 0 Å². The Labute approximate surface area is 295 Å². The number of nitrogen functional groups attached to an aromatic ring is 1. The number of ether oxygens (including phenoxy) is 1. The molecule has 5 heterocycles. The van der Waals surface area contributed by atoms with E-state index in [0.29, 0.717) is 11.0 Å². The van der Waals surface area contributed by atoms with Crippen molar-refractivity contribution >= 4 is 54.8 Å². The number of nitrogens with one attached hydrogen (secondary N) is 2. The van der Waals surface area contributed by atoms with Crippen LogP contribution in [0.5, 0.6) is 0 Å². The third-order valence-corrected chi connectivity index (χ3v) is 11.1. The molecule has 53 heavy (non-hydrogen) atoms. The molecular formula is C27H34N9O15P2+. The molecule has 1 saturated heterocycles. The number of benzene rings is 1. The van der Waals surface area contributed by atoms with Crippen LogP contribution in [0.2, 0.25) is 0 Å². The molecule has 26 heteroatoms. The molecule has 1 fully saturated rings. The van der Waals surface area contributed by atoms with Gasteiger partial charge in [-0.3, -0.25) is 23.4 Å². The van der Waals surface area contributed by atoms with Crippen LogP contribution in [0, 0.1) is 13.8 Å². The number of aliphatic hydroxyl groups is 5. The van der Waals surface area contributed by atoms with E-state index in [1.54, 1.807) is 26.0 Å². The molecule has 24 nitrogen and oxygen atoms in total. The summed E-state index contributed by atoms with van der Waals surface area (Å²) in [4.78, 5) is 65.4. The van der Waals surface area contributed by atoms with E-state index in [2.05, 4.69) is 38.7 Å². The summed E-state index contributed by atoms with van der Waals surface area (Å²) in [6, 6.07) is 3.33. The standard InChI is InChI=1S/C27H33N9O15P2/c1-10-3-12-13(4-11(10)2)35(24-18(32-12)25(42)34-27(43)33-24)5-14(37)19(39)15(38)6-48-52(44,45)51-53(46,47)49-7-16-20(40)21(41)26(50-16)36-9-31-17-22(28)29-8-30-23(17)36/h3-4,8-9,14-16,19-21,26,37-41H,5-7H2,1-2H3,(H5,28,29,30,34,42,43,44,45,46,47)/p+1/t14-,15+,16-,19+,20-,21-,26-/m1/s1. The lowest BCUT2D eigenvalue weighted by molar-refractivity contribution is -0.657. The van der Waals surface area contributed by atoms with Crippen LogP contribution in [0.4, 0.5) is 5.82 Å². The van der Waals surface area contributed by atoms with Gasteiger partial charge in [-0.15, -0.1) is 0 Å². The Kier molecular flexibility index (Phi) is 10.6. The number of fused-ring (bicyclic) bond motifs is 3. The average Bonchev–Trinajstić information content (AvgIpc) is 3.63. The first-order valence-corrected chi connectivity index (χ1v) is 18.5. The molecule has 1 aliphatic heterocycles. The zero-order valence-corrected chi connectivity index (χ0v) is 29.3. The second-order valence-corrected chi connectivity index (χ2v) is 15.2. The predicted molar refractivity (Wildman–Crippen MR) is 176 cm³/mol. The summed E-state index contributed by atoms with van der Waals surface area (Å²) in [6.45, 7) is 0.855. The number of aliphatic hydroxyl groups excluding tert-OH is 5. The van der Waals surface area contributed by atoms with Gasteiger partial charge in [0.1, 0.15) is 60.5 Å². The number of aromatic nitrogens is 8. The summed E-state index contributed by atoms with van der Waals surface area (Å²) in [5, 5.41) is 53.1. The highest BCUT2D eigenvalue weighted by Crippen LogP contribution is 2.60. The molecule has 1 aromatic carbocycles. The first-order chi connectivity index (χ1) is 24.9. The fourth-order valence-electron chi connectivity index (χ4n) is 5.61. The molecule has 0 radical (unpaired) electrons. The second kappa shape index (κ2) is 14.6. The highest BCUT2D eigenvalue weighted by molar-refractivity contribution is 7.61. The quantitative estimate of drug-likeness (QED) is 0.0324. The van der Waals surface area contributed by atoms with E-state index < -0.39 is 89.5 Å². The lowest BCUT2D eigenvalue weighted by Crippen LogP contribution is -2.51. The minimum absolute atomic E-state index is 0.0305. The first-order valence-electron chi connectivity index (χ1n) is 15.5. The zero-order chi connectivity index (χ0) is 38.6. The first kappa shape index (κ1) is 38.6. The summed E-state index contributed by atoms with van der Waals surface area (Å²) in [7, 11) is -11.0. The van der Waals surface area contributed by atoms with Crippen molar-refractivity contribution in [2.24, 2.45) is 0 Å². The van der Waals surface area contributed by atoms with Crippen molar-refractivity contribution in [3.63, 3.8) is 0 Å². The Hall–Kier alpha value is -4.13. The molecule has 0 amide bonds. The zero-order valence-electron chi connectivity index (χ0n) is 27.5. The van der Waals surface area contributed by atoms with E-state index in [1.165, 1.54) is 15.5 Å². The van der Waals surface area contributed by atoms with Gasteiger partial charge in [0.25, 0.3) is 5.56 Å². The number of rotatable bonds is 13. The van der Waals surface area contributed by atoms with Crippen LogP contribution in [0.1, 0.15) is 17.4 Å². The molecule has 6 rings (SSSR count). The summed E-state index contributed by atoms with van der Waals surface area (Å²) in [6.07, 6.45) is -9.88. The topological polar surface area (TPSA) is 365 Å². The van der Waals surface area contributed by atoms with Crippen LogP contribution in [0.25, 0.3) is 33.4 Å². The van der Waals surface area contributed by atoms with E-state index in [0.717, 1.165) is 17.5 Å². The molecule has 0 saturated carbocycles. The van der Waals surface area contributed by atoms with Crippen LogP contribution < -0.4 is 21.5 Å². The largest absolute Gasteiger partial charge is 0.481 e. The number of nitrogens with two attached hydrogens (primary N) is 1. The van der Waals surface area contributed by atoms with E-state index in [4.69, 9.17) is 15.0 Å². The lowest BCUT2D eigenvalue weighted by atomic mass is 10.1. The maximum Gasteiger partial charge on any atom is 0.481 e. The summed E-state index contributed by atoms with van der Waals surface area (Å²) >= 11 is 0. The molecule has 0 bridgehead atoms. The number of phosphoric ester groups is 2. The van der Waals surface area contributed by atoms with Gasteiger partial charge in [-0.2, -0.15) is 9.29 Å². The number of nitrogens with zero attached hydrogens (tertiary/aromatic N) is 6. The van der Waals surface area contributed by atoms with Gasteiger partial charge < -0.3 is 45.8 Å². The van der Waals surface area contributed by atoms with Crippen molar-refractivity contribution in [2.75, 3.05) is 18.9 Å². The number of anilines is 1. The van der Waals surface area contributed by atoms with Gasteiger partial charge in [0.2, 0.25) is 5.52 Å². The number of aromatic amines is 2. The molecule has 5 aromatic rings. The van der Waals surface area contributed by atoms with Crippen molar-refractivity contribution in [1.29, 1.82) is 0 Å². The van der Waals surface area contributed by atoms with Crippen molar-refractivity contribution in [2.45, 2.75) is 63.2 Å². The summed E-state index contributed by atoms with van der Waals surface area (Å²) in [5.74, 6) is 0.0305. The Morgan fingerprint density at radius 3 is 2.42 bits per heavy atom. The predicted octanol–water partition coefficient (Wildman–Crippen LogP) is -2.96. The molecule has 4 aromatic heterocycles. The second-order valence-electron chi connectivity index (χ2n) is 12.1. The van der Waals surface area contributed by atoms with Gasteiger partial charge in [-0.25, -0.2) is 38.4 Å². The molecule has 0 spiro atoms. The van der Waals surface area contributed by atoms with E-state index in [1.807, 2.05) is 0 Å². The Morgan fingerprint density at radius 2 is 1.68 bits per heavy atom. The van der Waals surface area contributed by atoms with Crippen LogP contribution in [-0.2, 0) is 33.8 Å². The maximum atomic E-state index is 12.5. The molecule has 1 aliphatic rings. The van der Waals surface area contributed by atoms with Gasteiger partial charge in [0, 0.05) is 0 Å². The minimum atomic E-state index is -5.54. The lowest BCUT2D eigenvalue weighted by Gasteiger charge is -2.24. The van der Waals surface area contributed by atoms with Gasteiger partial charge in [-0.1, -0.05) is 0 Å². The van der Waals surface area contributed by atoms with Crippen LogP contribution in [0.3, 0.4) is 0 Å². The smallest absolute Gasteiger partial charge is 0.388 e. The maximum absolute atomic E-state index is 12.5. The SMILES string of the molecule is Cc1cc2nc3c(=O)[nH]c(=O)[nH]c3[n+](C[C@@H](O)[C@H](O)[C@@H](O)COP(=O)(O)OP(=O)(O)OC[C@H]3O[C@@H](n4cnc5c(N)ncnc54)[C@H](O)[C@@H]3O)c2cc1C. The molecule has 0 aliphatic carbocycles. The average molecular weight is 787 g/mol. The van der Waals surface area contributed by atoms with E-state index in [-0.39, 0.29) is 28.1 Å². The van der Waals surface area contributed by atoms with Crippen LogP contribution >= 0.6 is 15.6 Å². The van der Waals surface area contributed by atoms with Crippen LogP contribution in [-0.4, -0.2) is 120 Å². The molecular weight excluding hydrogens is 752 g/mol. The number of imidazole rings is 1. The van der Waals surface area contributed by atoms with Crippen molar-refractivity contribution in [3.8, 4) is 0 Å². The Morgan fingerprint density at radius 1 is 0.981 bits per heavy atom. The molecule has 11 N–H and O–H groups in total. The molecule has 9 atom stereocenters. The summed E-state index contributed by atoms with van der Waals surface area (Å²) < 4.78 is 46.7. The van der Waals surface area contributed by atoms with Crippen molar-refractivity contribution in [1.82, 2.24) is 34.5 Å². The van der Waals surface area contributed by atoms with E-state index in [9.17, 15) is 54.0 Å². The van der Waals surface area contributed by atoms with Crippen molar-refractivity contribution in [3.05, 3.63) is 56.8 Å². The van der Waals surface area contributed by atoms with Gasteiger partial charge in [0.15, 0.2) is 23.2 Å². The van der Waals surface area contributed by atoms with Gasteiger partial charge >= 0.3 is 27.0 Å². The van der Waals surface area contributed by atoms with Gasteiger partial charge in [0.05, 0.1) is 19.5 Å². The fraction of sp³-hybridized carbons (Fsp3) is 0.444.